The highest BCUT2D eigenvalue weighted by molar-refractivity contribution is 9.10. The Morgan fingerprint density at radius 1 is 1.03 bits per heavy atom. The number of phenols is 1. The minimum atomic E-state index is -0.904. The number of Topliss-reactive ketones (excluding diaryl/α,β-unsaturated/α-hetero) is 1. The van der Waals surface area contributed by atoms with Crippen LogP contribution in [0.5, 0.6) is 23.0 Å². The van der Waals surface area contributed by atoms with E-state index in [9.17, 15) is 19.8 Å². The average molecular weight is 535 g/mol. The van der Waals surface area contributed by atoms with Gasteiger partial charge in [-0.3, -0.25) is 9.59 Å². The van der Waals surface area contributed by atoms with Gasteiger partial charge in [-0.05, 0) is 65.9 Å². The summed E-state index contributed by atoms with van der Waals surface area (Å²) in [6.45, 7) is 0.738. The van der Waals surface area contributed by atoms with Crippen molar-refractivity contribution in [3.63, 3.8) is 0 Å². The Labute approximate surface area is 206 Å². The summed E-state index contributed by atoms with van der Waals surface area (Å²) in [4.78, 5) is 29.5. The summed E-state index contributed by atoms with van der Waals surface area (Å²) < 4.78 is 16.2. The van der Waals surface area contributed by atoms with Crippen LogP contribution in [-0.2, 0) is 9.59 Å². The van der Waals surface area contributed by atoms with Crippen LogP contribution in [0.1, 0.15) is 17.2 Å². The number of phenolic OH excluding ortho intramolecular Hbond substituents is 1. The van der Waals surface area contributed by atoms with Crippen LogP contribution in [-0.4, -0.2) is 80.2 Å². The second-order valence-corrected chi connectivity index (χ2v) is 8.77. The highest BCUT2D eigenvalue weighted by atomic mass is 79.9. The largest absolute Gasteiger partial charge is 0.507 e. The number of carbonyl (C=O) groups excluding carboxylic acids is 2. The van der Waals surface area contributed by atoms with Crippen LogP contribution < -0.4 is 14.2 Å². The number of hydrogen-bond acceptors (Lipinski definition) is 8. The van der Waals surface area contributed by atoms with Gasteiger partial charge < -0.3 is 34.2 Å². The molecule has 0 radical (unpaired) electrons. The average Bonchev–Trinajstić information content (AvgIpc) is 3.08. The number of benzene rings is 2. The van der Waals surface area contributed by atoms with E-state index in [1.165, 1.54) is 32.3 Å². The van der Waals surface area contributed by atoms with Crippen LogP contribution in [0, 0.1) is 0 Å². The van der Waals surface area contributed by atoms with Crippen molar-refractivity contribution in [1.29, 1.82) is 0 Å². The molecule has 3 rings (SSSR count). The Kier molecular flexibility index (Phi) is 7.73. The summed E-state index contributed by atoms with van der Waals surface area (Å²) in [5, 5.41) is 21.5. The molecule has 1 fully saturated rings. The number of hydrogen-bond donors (Lipinski definition) is 2. The van der Waals surface area contributed by atoms with Crippen molar-refractivity contribution in [2.75, 3.05) is 48.5 Å². The molecule has 182 valence electrons. The predicted octanol–water partition coefficient (Wildman–Crippen LogP) is 3.16. The number of halogens is 1. The van der Waals surface area contributed by atoms with Crippen molar-refractivity contribution in [2.45, 2.75) is 6.04 Å². The minimum Gasteiger partial charge on any atom is -0.507 e. The zero-order valence-corrected chi connectivity index (χ0v) is 21.2. The third kappa shape index (κ3) is 4.69. The molecule has 0 spiro atoms. The molecule has 0 aromatic heterocycles. The van der Waals surface area contributed by atoms with Gasteiger partial charge in [0.15, 0.2) is 23.0 Å². The maximum absolute atomic E-state index is 13.2. The fourth-order valence-corrected chi connectivity index (χ4v) is 4.27. The van der Waals surface area contributed by atoms with E-state index in [-0.39, 0.29) is 34.9 Å². The lowest BCUT2D eigenvalue weighted by Crippen LogP contribution is -2.35. The first kappa shape index (κ1) is 25.4. The summed E-state index contributed by atoms with van der Waals surface area (Å²) in [6.07, 6.45) is 0. The molecule has 2 aromatic rings. The van der Waals surface area contributed by atoms with Crippen LogP contribution >= 0.6 is 15.9 Å². The zero-order chi connectivity index (χ0) is 25.2. The Balaban J connectivity index is 2.24. The van der Waals surface area contributed by atoms with Crippen molar-refractivity contribution in [3.05, 3.63) is 51.5 Å². The van der Waals surface area contributed by atoms with Crippen LogP contribution in [0.3, 0.4) is 0 Å². The van der Waals surface area contributed by atoms with Crippen LogP contribution in [0.4, 0.5) is 0 Å². The third-order valence-electron chi connectivity index (χ3n) is 5.57. The van der Waals surface area contributed by atoms with Crippen LogP contribution in [0.2, 0.25) is 0 Å². The van der Waals surface area contributed by atoms with Gasteiger partial charge in [0.05, 0.1) is 37.4 Å². The monoisotopic (exact) mass is 534 g/mol. The lowest BCUT2D eigenvalue weighted by Gasteiger charge is -2.27. The second-order valence-electron chi connectivity index (χ2n) is 7.92. The lowest BCUT2D eigenvalue weighted by molar-refractivity contribution is -0.140. The van der Waals surface area contributed by atoms with Gasteiger partial charge in [-0.15, -0.1) is 0 Å². The van der Waals surface area contributed by atoms with Gasteiger partial charge in [0.1, 0.15) is 5.76 Å². The molecule has 10 heteroatoms. The number of aliphatic hydroxyl groups excluding tert-OH is 1. The number of likely N-dealkylation sites (N-methyl/N-ethyl adjacent to an activating group) is 1. The molecule has 2 aromatic carbocycles. The number of amides is 1. The van der Waals surface area contributed by atoms with Gasteiger partial charge in [-0.2, -0.15) is 0 Å². The van der Waals surface area contributed by atoms with E-state index >= 15 is 0 Å². The zero-order valence-electron chi connectivity index (χ0n) is 19.6. The Morgan fingerprint density at radius 2 is 1.68 bits per heavy atom. The van der Waals surface area contributed by atoms with Crippen molar-refractivity contribution >= 4 is 33.4 Å². The number of methoxy groups -OCH3 is 3. The molecule has 0 saturated carbocycles. The molecule has 9 nitrogen and oxygen atoms in total. The minimum absolute atomic E-state index is 0.0735. The summed E-state index contributed by atoms with van der Waals surface area (Å²) in [7, 11) is 8.06. The molecule has 1 aliphatic rings. The van der Waals surface area contributed by atoms with E-state index in [0.717, 1.165) is 0 Å². The van der Waals surface area contributed by atoms with Crippen molar-refractivity contribution in [3.8, 4) is 23.0 Å². The molecular weight excluding hydrogens is 508 g/mol. The van der Waals surface area contributed by atoms with Crippen molar-refractivity contribution in [2.24, 2.45) is 0 Å². The molecule has 1 amide bonds. The first-order chi connectivity index (χ1) is 16.1. The van der Waals surface area contributed by atoms with Crippen LogP contribution in [0.25, 0.3) is 5.76 Å². The van der Waals surface area contributed by atoms with Crippen molar-refractivity contribution in [1.82, 2.24) is 9.80 Å². The summed E-state index contributed by atoms with van der Waals surface area (Å²) in [5.41, 5.74) is 0.704. The number of aromatic hydroxyl groups is 1. The second kappa shape index (κ2) is 10.4. The first-order valence-electron chi connectivity index (χ1n) is 10.4. The summed E-state index contributed by atoms with van der Waals surface area (Å²) in [6, 6.07) is 6.95. The van der Waals surface area contributed by atoms with Crippen molar-refractivity contribution < 1.29 is 34.0 Å². The standard InChI is InChI=1S/C24H27BrN2O7/c1-26(2)8-9-27-20(14-10-15(25)22(29)18(12-14)34-5)19(23(30)24(27)31)21(28)13-6-7-16(32-3)17(11-13)33-4/h6-7,10-12,20,28-29H,8-9H2,1-5H3/b21-19+. The van der Waals surface area contributed by atoms with Gasteiger partial charge in [0.25, 0.3) is 11.7 Å². The number of ether oxygens (including phenoxy) is 3. The van der Waals surface area contributed by atoms with Gasteiger partial charge in [0.2, 0.25) is 0 Å². The Morgan fingerprint density at radius 3 is 2.26 bits per heavy atom. The van der Waals surface area contributed by atoms with E-state index in [0.29, 0.717) is 28.1 Å². The fraction of sp³-hybridized carbons (Fsp3) is 0.333. The SMILES string of the molecule is COc1ccc(/C(O)=C2\C(=O)C(=O)N(CCN(C)C)C2c2cc(Br)c(O)c(OC)c2)cc1OC. The maximum atomic E-state index is 13.2. The number of ketones is 1. The molecular formula is C24H27BrN2O7. The topological polar surface area (TPSA) is 109 Å². The number of rotatable bonds is 8. The van der Waals surface area contributed by atoms with Gasteiger partial charge in [-0.25, -0.2) is 0 Å². The highest BCUT2D eigenvalue weighted by Crippen LogP contribution is 2.44. The smallest absolute Gasteiger partial charge is 0.295 e. The molecule has 1 unspecified atom stereocenters. The first-order valence-corrected chi connectivity index (χ1v) is 11.2. The molecule has 2 N–H and O–H groups in total. The van der Waals surface area contributed by atoms with E-state index in [1.54, 1.807) is 24.3 Å². The van der Waals surface area contributed by atoms with Gasteiger partial charge in [0, 0.05) is 18.7 Å². The number of aliphatic hydroxyl groups is 1. The molecule has 0 aliphatic carbocycles. The molecule has 0 bridgehead atoms. The van der Waals surface area contributed by atoms with E-state index in [4.69, 9.17) is 14.2 Å². The number of likely N-dealkylation sites (tertiary alicyclic amines) is 1. The molecule has 34 heavy (non-hydrogen) atoms. The van der Waals surface area contributed by atoms with Crippen LogP contribution in [0.15, 0.2) is 40.4 Å². The summed E-state index contributed by atoms with van der Waals surface area (Å²) in [5.74, 6) is -1.02. The van der Waals surface area contributed by atoms with E-state index < -0.39 is 17.7 Å². The fourth-order valence-electron chi connectivity index (χ4n) is 3.81. The lowest BCUT2D eigenvalue weighted by atomic mass is 9.95. The summed E-state index contributed by atoms with van der Waals surface area (Å²) >= 11 is 3.30. The Bertz CT molecular complexity index is 1150. The maximum Gasteiger partial charge on any atom is 0.295 e. The highest BCUT2D eigenvalue weighted by Gasteiger charge is 2.46. The third-order valence-corrected chi connectivity index (χ3v) is 6.18. The normalized spacial score (nSPS) is 17.4. The number of nitrogens with zero attached hydrogens (tertiary/aromatic N) is 2. The quantitative estimate of drug-likeness (QED) is 0.302. The molecule has 1 atom stereocenters. The molecule has 1 heterocycles. The van der Waals surface area contributed by atoms with E-state index in [1.807, 2.05) is 19.0 Å². The van der Waals surface area contributed by atoms with Gasteiger partial charge in [-0.1, -0.05) is 0 Å². The molecule has 1 aliphatic heterocycles. The number of carbonyl (C=O) groups is 2. The molecule has 1 saturated heterocycles. The Hall–Kier alpha value is -3.24. The van der Waals surface area contributed by atoms with Gasteiger partial charge >= 0.3 is 0 Å². The van der Waals surface area contributed by atoms with E-state index in [2.05, 4.69) is 15.9 Å². The predicted molar refractivity (Wildman–Crippen MR) is 129 cm³/mol.